The largest absolute Gasteiger partial charge is 0.494 e. The summed E-state index contributed by atoms with van der Waals surface area (Å²) in [7, 11) is 0. The number of rotatable bonds is 10. The summed E-state index contributed by atoms with van der Waals surface area (Å²) < 4.78 is 5.90. The fraction of sp³-hybridized carbons (Fsp3) is 0.393. The molecule has 36 heavy (non-hydrogen) atoms. The third kappa shape index (κ3) is 7.18. The summed E-state index contributed by atoms with van der Waals surface area (Å²) in [6.45, 7) is 8.38. The number of carbonyl (C=O) groups is 1. The summed E-state index contributed by atoms with van der Waals surface area (Å²) in [5.74, 6) is 1.46. The smallest absolute Gasteiger partial charge is 0.413 e. The van der Waals surface area contributed by atoms with Crippen molar-refractivity contribution in [3.63, 3.8) is 0 Å². The van der Waals surface area contributed by atoms with Gasteiger partial charge in [-0.15, -0.1) is 0 Å². The molecule has 190 valence electrons. The monoisotopic (exact) mass is 489 g/mol. The van der Waals surface area contributed by atoms with E-state index in [4.69, 9.17) is 4.74 Å². The van der Waals surface area contributed by atoms with Crippen LogP contribution >= 0.6 is 0 Å². The number of nitrogens with one attached hydrogen (secondary N) is 1. The van der Waals surface area contributed by atoms with Crippen LogP contribution in [0.1, 0.15) is 42.4 Å². The zero-order chi connectivity index (χ0) is 25.3. The SMILES string of the molecule is Cc1ccc(C)c(CN(C(=O)O)c2ccnc(Nc3ccc(OCCCN4CCCCC4)cc3)n2)c1. The van der Waals surface area contributed by atoms with Crippen LogP contribution in [-0.2, 0) is 6.54 Å². The number of aryl methyl sites for hydroxylation is 2. The number of hydrogen-bond donors (Lipinski definition) is 2. The molecule has 2 aromatic carbocycles. The number of nitrogens with zero attached hydrogens (tertiary/aromatic N) is 4. The Bertz CT molecular complexity index is 1150. The van der Waals surface area contributed by atoms with Crippen molar-refractivity contribution in [1.82, 2.24) is 14.9 Å². The predicted octanol–water partition coefficient (Wildman–Crippen LogP) is 5.78. The molecule has 4 rings (SSSR count). The first kappa shape index (κ1) is 25.4. The van der Waals surface area contributed by atoms with Crippen LogP contribution in [0.3, 0.4) is 0 Å². The molecule has 1 aliphatic rings. The normalized spacial score (nSPS) is 13.8. The Hall–Kier alpha value is -3.65. The van der Waals surface area contributed by atoms with E-state index in [0.29, 0.717) is 18.4 Å². The highest BCUT2D eigenvalue weighted by molar-refractivity contribution is 5.84. The quantitative estimate of drug-likeness (QED) is 0.349. The van der Waals surface area contributed by atoms with E-state index in [1.54, 1.807) is 12.3 Å². The van der Waals surface area contributed by atoms with Crippen LogP contribution in [0, 0.1) is 13.8 Å². The van der Waals surface area contributed by atoms with Crippen molar-refractivity contribution < 1.29 is 14.6 Å². The maximum absolute atomic E-state index is 12.0. The average Bonchev–Trinajstić information content (AvgIpc) is 2.88. The van der Waals surface area contributed by atoms with Gasteiger partial charge >= 0.3 is 6.09 Å². The first-order chi connectivity index (χ1) is 17.5. The van der Waals surface area contributed by atoms with E-state index in [-0.39, 0.29) is 6.54 Å². The second-order valence-corrected chi connectivity index (χ2v) is 9.29. The molecule has 1 amide bonds. The summed E-state index contributed by atoms with van der Waals surface area (Å²) in [5, 5.41) is 13.0. The van der Waals surface area contributed by atoms with Crippen LogP contribution in [-0.4, -0.2) is 52.3 Å². The minimum Gasteiger partial charge on any atom is -0.494 e. The van der Waals surface area contributed by atoms with Crippen LogP contribution in [0.2, 0.25) is 0 Å². The lowest BCUT2D eigenvalue weighted by Crippen LogP contribution is -2.31. The fourth-order valence-electron chi connectivity index (χ4n) is 4.37. The van der Waals surface area contributed by atoms with Gasteiger partial charge in [0.1, 0.15) is 11.6 Å². The van der Waals surface area contributed by atoms with Crippen molar-refractivity contribution in [2.24, 2.45) is 0 Å². The molecule has 3 aromatic rings. The molecule has 0 radical (unpaired) electrons. The van der Waals surface area contributed by atoms with E-state index in [2.05, 4.69) is 20.2 Å². The number of likely N-dealkylation sites (tertiary alicyclic amines) is 1. The molecule has 1 fully saturated rings. The van der Waals surface area contributed by atoms with Crippen LogP contribution in [0.4, 0.5) is 22.2 Å². The van der Waals surface area contributed by atoms with Gasteiger partial charge in [0.05, 0.1) is 13.2 Å². The zero-order valence-electron chi connectivity index (χ0n) is 21.1. The van der Waals surface area contributed by atoms with E-state index in [9.17, 15) is 9.90 Å². The van der Waals surface area contributed by atoms with Crippen molar-refractivity contribution >= 4 is 23.5 Å². The van der Waals surface area contributed by atoms with Gasteiger partial charge in [0.2, 0.25) is 5.95 Å². The summed E-state index contributed by atoms with van der Waals surface area (Å²) in [6, 6.07) is 15.3. The summed E-state index contributed by atoms with van der Waals surface area (Å²) in [4.78, 5) is 24.5. The van der Waals surface area contributed by atoms with Gasteiger partial charge < -0.3 is 20.1 Å². The van der Waals surface area contributed by atoms with Gasteiger partial charge in [-0.3, -0.25) is 4.90 Å². The number of benzene rings is 2. The zero-order valence-corrected chi connectivity index (χ0v) is 21.1. The van der Waals surface area contributed by atoms with Crippen molar-refractivity contribution in [3.8, 4) is 5.75 Å². The van der Waals surface area contributed by atoms with Crippen LogP contribution in [0.25, 0.3) is 0 Å². The second kappa shape index (κ2) is 12.4. The van der Waals surface area contributed by atoms with Crippen LogP contribution < -0.4 is 15.0 Å². The van der Waals surface area contributed by atoms with Gasteiger partial charge in [0, 0.05) is 18.4 Å². The minimum absolute atomic E-state index is 0.211. The maximum Gasteiger partial charge on any atom is 0.413 e. The summed E-state index contributed by atoms with van der Waals surface area (Å²) >= 11 is 0. The average molecular weight is 490 g/mol. The van der Waals surface area contributed by atoms with Crippen molar-refractivity contribution in [3.05, 3.63) is 71.4 Å². The maximum atomic E-state index is 12.0. The summed E-state index contributed by atoms with van der Waals surface area (Å²) in [6.07, 6.45) is 5.48. The number of aromatic nitrogens is 2. The van der Waals surface area contributed by atoms with E-state index in [1.165, 1.54) is 37.3 Å². The van der Waals surface area contributed by atoms with Gasteiger partial charge in [-0.05, 0) is 87.7 Å². The molecular weight excluding hydrogens is 454 g/mol. The predicted molar refractivity (Wildman–Crippen MR) is 142 cm³/mol. The van der Waals surface area contributed by atoms with E-state index < -0.39 is 6.09 Å². The molecule has 2 N–H and O–H groups in total. The van der Waals surface area contributed by atoms with Crippen molar-refractivity contribution in [2.75, 3.05) is 36.5 Å². The number of hydrogen-bond acceptors (Lipinski definition) is 6. The molecule has 1 saturated heterocycles. The Kier molecular flexibility index (Phi) is 8.73. The molecule has 0 aliphatic carbocycles. The second-order valence-electron chi connectivity index (χ2n) is 9.29. The molecule has 8 nitrogen and oxygen atoms in total. The first-order valence-electron chi connectivity index (χ1n) is 12.6. The van der Waals surface area contributed by atoms with Crippen LogP contribution in [0.15, 0.2) is 54.7 Å². The Labute approximate surface area is 212 Å². The van der Waals surface area contributed by atoms with Crippen LogP contribution in [0.5, 0.6) is 5.75 Å². The Morgan fingerprint density at radius 3 is 2.61 bits per heavy atom. The number of carboxylic acid groups (broad SMARTS) is 1. The lowest BCUT2D eigenvalue weighted by molar-refractivity contribution is 0.201. The first-order valence-corrected chi connectivity index (χ1v) is 12.6. The lowest BCUT2D eigenvalue weighted by Gasteiger charge is -2.26. The van der Waals surface area contributed by atoms with Gasteiger partial charge in [-0.25, -0.2) is 9.78 Å². The van der Waals surface area contributed by atoms with Gasteiger partial charge in [-0.2, -0.15) is 4.98 Å². The molecule has 0 bridgehead atoms. The Balaban J connectivity index is 1.34. The standard InChI is InChI=1S/C28H35N5O3/c1-21-7-8-22(2)23(19-21)20-33(28(34)35)26-13-14-29-27(31-26)30-24-9-11-25(12-10-24)36-18-6-17-32-15-4-3-5-16-32/h7-14,19H,3-6,15-18,20H2,1-2H3,(H,34,35)(H,29,30,31). The molecule has 0 unspecified atom stereocenters. The molecule has 0 atom stereocenters. The van der Waals surface area contributed by atoms with Gasteiger partial charge in [0.15, 0.2) is 0 Å². The fourth-order valence-corrected chi connectivity index (χ4v) is 4.37. The summed E-state index contributed by atoms with van der Waals surface area (Å²) in [5.41, 5.74) is 3.86. The number of piperidine rings is 1. The molecule has 0 spiro atoms. The van der Waals surface area contributed by atoms with Crippen molar-refractivity contribution in [2.45, 2.75) is 46.1 Å². The van der Waals surface area contributed by atoms with Gasteiger partial charge in [0.25, 0.3) is 0 Å². The number of amides is 1. The highest BCUT2D eigenvalue weighted by Crippen LogP contribution is 2.22. The van der Waals surface area contributed by atoms with Gasteiger partial charge in [-0.1, -0.05) is 30.2 Å². The highest BCUT2D eigenvalue weighted by atomic mass is 16.5. The lowest BCUT2D eigenvalue weighted by atomic mass is 10.1. The Morgan fingerprint density at radius 1 is 1.08 bits per heavy atom. The Morgan fingerprint density at radius 2 is 1.86 bits per heavy atom. The van der Waals surface area contributed by atoms with E-state index in [0.717, 1.165) is 41.1 Å². The molecule has 8 heteroatoms. The molecule has 0 saturated carbocycles. The number of ether oxygens (including phenoxy) is 1. The van der Waals surface area contributed by atoms with Crippen molar-refractivity contribution in [1.29, 1.82) is 0 Å². The topological polar surface area (TPSA) is 90.8 Å². The molecule has 2 heterocycles. The minimum atomic E-state index is -1.07. The third-order valence-corrected chi connectivity index (χ3v) is 6.43. The highest BCUT2D eigenvalue weighted by Gasteiger charge is 2.18. The van der Waals surface area contributed by atoms with E-state index in [1.807, 2.05) is 56.3 Å². The molecule has 1 aromatic heterocycles. The number of anilines is 3. The molecular formula is C28H35N5O3. The third-order valence-electron chi connectivity index (χ3n) is 6.43. The molecule has 1 aliphatic heterocycles. The van der Waals surface area contributed by atoms with E-state index >= 15 is 0 Å².